The molecule has 0 spiro atoms. The molecule has 2 aromatic carbocycles. The molecule has 0 bridgehead atoms. The summed E-state index contributed by atoms with van der Waals surface area (Å²) < 4.78 is 47.3. The lowest BCUT2D eigenvalue weighted by Gasteiger charge is -2.40. The molecule has 3 aromatic rings. The van der Waals surface area contributed by atoms with Crippen LogP contribution in [-0.4, -0.2) is 76.6 Å². The lowest BCUT2D eigenvalue weighted by molar-refractivity contribution is -0.138. The monoisotopic (exact) mass is 577 g/mol. The van der Waals surface area contributed by atoms with Crippen LogP contribution in [0.1, 0.15) is 23.6 Å². The highest BCUT2D eigenvalue weighted by atomic mass is 35.5. The molecule has 39 heavy (non-hydrogen) atoms. The average Bonchev–Trinajstić information content (AvgIpc) is 3.45. The number of carbonyl (C=O) groups excluding carboxylic acids is 1. The van der Waals surface area contributed by atoms with Gasteiger partial charge in [0.25, 0.3) is 5.91 Å². The molecule has 2 aliphatic rings. The molecule has 1 atom stereocenters. The molecule has 12 heteroatoms. The van der Waals surface area contributed by atoms with Crippen molar-refractivity contribution < 1.29 is 22.7 Å². The molecule has 1 amide bonds. The number of amides is 1. The summed E-state index contributed by atoms with van der Waals surface area (Å²) in [5.74, 6) is -0.276. The van der Waals surface area contributed by atoms with Gasteiger partial charge in [0.15, 0.2) is 5.17 Å². The molecule has 206 valence electrons. The number of amidine groups is 1. The maximum atomic E-state index is 13.5. The van der Waals surface area contributed by atoms with Crippen molar-refractivity contribution in [1.29, 1.82) is 0 Å². The van der Waals surface area contributed by atoms with E-state index in [-0.39, 0.29) is 29.1 Å². The van der Waals surface area contributed by atoms with Crippen LogP contribution >= 0.6 is 23.4 Å². The molecule has 5 rings (SSSR count). The summed E-state index contributed by atoms with van der Waals surface area (Å²) >= 11 is 7.18. The van der Waals surface area contributed by atoms with E-state index >= 15 is 0 Å². The van der Waals surface area contributed by atoms with Crippen LogP contribution in [0.15, 0.2) is 52.5 Å². The molecule has 1 fully saturated rings. The van der Waals surface area contributed by atoms with Gasteiger partial charge in [-0.15, -0.1) is 0 Å². The number of alkyl halides is 3. The third kappa shape index (κ3) is 6.16. The fourth-order valence-corrected chi connectivity index (χ4v) is 6.06. The normalized spacial score (nSPS) is 19.9. The average molecular weight is 578 g/mol. The van der Waals surface area contributed by atoms with E-state index in [0.29, 0.717) is 22.2 Å². The van der Waals surface area contributed by atoms with Crippen molar-refractivity contribution in [2.75, 3.05) is 39.9 Å². The largest absolute Gasteiger partial charge is 0.416 e. The Morgan fingerprint density at radius 3 is 2.77 bits per heavy atom. The summed E-state index contributed by atoms with van der Waals surface area (Å²) in [4.78, 5) is 22.1. The van der Waals surface area contributed by atoms with Gasteiger partial charge in [-0.2, -0.15) is 23.3 Å². The molecule has 7 nitrogen and oxygen atoms in total. The first-order valence-corrected chi connectivity index (χ1v) is 13.6. The Kier molecular flexibility index (Phi) is 8.04. The maximum Gasteiger partial charge on any atom is 0.416 e. The van der Waals surface area contributed by atoms with Gasteiger partial charge in [0.2, 0.25) is 0 Å². The van der Waals surface area contributed by atoms with Crippen LogP contribution < -0.4 is 0 Å². The first-order valence-electron chi connectivity index (χ1n) is 12.4. The molecular formula is C27H27ClF3N5O2S. The lowest BCUT2D eigenvalue weighted by atomic mass is 10.1. The SMILES string of the molecule is COCCN1CCN(C2=NC(=O)/C(=C\c3ccc4c(cnn4Cc4ccc(Cl)cc4C(F)(F)F)c3)S2)C(C)C1. The molecule has 1 aromatic heterocycles. The molecule has 0 N–H and O–H groups in total. The van der Waals surface area contributed by atoms with Crippen LogP contribution in [0.2, 0.25) is 5.02 Å². The van der Waals surface area contributed by atoms with E-state index in [4.69, 9.17) is 16.3 Å². The summed E-state index contributed by atoms with van der Waals surface area (Å²) in [6.07, 6.45) is -1.12. The summed E-state index contributed by atoms with van der Waals surface area (Å²) in [6, 6.07) is 9.45. The second-order valence-corrected chi connectivity index (χ2v) is 11.0. The summed E-state index contributed by atoms with van der Waals surface area (Å²) in [5, 5.41) is 5.80. The van der Waals surface area contributed by atoms with Crippen molar-refractivity contribution in [2.24, 2.45) is 4.99 Å². The number of carbonyl (C=O) groups is 1. The number of ether oxygens (including phenoxy) is 1. The van der Waals surface area contributed by atoms with Crippen LogP contribution in [0.4, 0.5) is 13.2 Å². The standard InChI is InChI=1S/C27H27ClF3N5O2S/c1-17-15-34(9-10-38-2)7-8-35(17)26-33-25(37)24(39-26)12-18-3-6-23-20(11-18)14-32-36(23)16-19-4-5-21(28)13-22(19)27(29,30)31/h3-6,11-14,17H,7-10,15-16H2,1-2H3/b24-12+. The number of aromatic nitrogens is 2. The second kappa shape index (κ2) is 11.3. The van der Waals surface area contributed by atoms with E-state index in [1.54, 1.807) is 25.4 Å². The van der Waals surface area contributed by atoms with Gasteiger partial charge >= 0.3 is 6.18 Å². The van der Waals surface area contributed by atoms with Crippen LogP contribution in [0, 0.1) is 0 Å². The molecule has 3 heterocycles. The predicted molar refractivity (Wildman–Crippen MR) is 148 cm³/mol. The minimum atomic E-state index is -4.52. The van der Waals surface area contributed by atoms with Crippen molar-refractivity contribution in [3.63, 3.8) is 0 Å². The van der Waals surface area contributed by atoms with Gasteiger partial charge in [-0.25, -0.2) is 0 Å². The molecule has 0 saturated carbocycles. The number of thioether (sulfide) groups is 1. The van der Waals surface area contributed by atoms with Crippen molar-refractivity contribution in [3.05, 3.63) is 69.2 Å². The number of hydrogen-bond acceptors (Lipinski definition) is 6. The van der Waals surface area contributed by atoms with E-state index in [2.05, 4.69) is 26.8 Å². The Balaban J connectivity index is 1.30. The van der Waals surface area contributed by atoms with Gasteiger partial charge in [0.05, 0.1) is 35.3 Å². The van der Waals surface area contributed by atoms with Gasteiger partial charge in [-0.3, -0.25) is 14.4 Å². The van der Waals surface area contributed by atoms with Crippen molar-refractivity contribution in [2.45, 2.75) is 25.7 Å². The van der Waals surface area contributed by atoms with Crippen LogP contribution in [0.5, 0.6) is 0 Å². The van der Waals surface area contributed by atoms with E-state index in [0.717, 1.165) is 43.2 Å². The maximum absolute atomic E-state index is 13.5. The number of rotatable bonds is 6. The Bertz CT molecular complexity index is 1450. The number of benzene rings is 2. The number of aliphatic imine (C=N–C) groups is 1. The van der Waals surface area contributed by atoms with Gasteiger partial charge in [-0.1, -0.05) is 23.7 Å². The van der Waals surface area contributed by atoms with Gasteiger partial charge in [-0.05, 0) is 60.2 Å². The molecule has 1 saturated heterocycles. The highest BCUT2D eigenvalue weighted by molar-refractivity contribution is 8.18. The van der Waals surface area contributed by atoms with Crippen molar-refractivity contribution >= 4 is 51.4 Å². The fourth-order valence-electron chi connectivity index (χ4n) is 4.85. The van der Waals surface area contributed by atoms with E-state index in [1.165, 1.54) is 28.6 Å². The minimum absolute atomic E-state index is 0.0272. The highest BCUT2D eigenvalue weighted by Crippen LogP contribution is 2.35. The molecule has 1 unspecified atom stereocenters. The van der Waals surface area contributed by atoms with Gasteiger partial charge < -0.3 is 9.64 Å². The lowest BCUT2D eigenvalue weighted by Crippen LogP contribution is -2.53. The third-order valence-electron chi connectivity index (χ3n) is 6.84. The number of fused-ring (bicyclic) bond motifs is 1. The minimum Gasteiger partial charge on any atom is -0.383 e. The van der Waals surface area contributed by atoms with Crippen LogP contribution in [0.25, 0.3) is 17.0 Å². The summed E-state index contributed by atoms with van der Waals surface area (Å²) in [5.41, 5.74) is 0.768. The molecule has 2 aliphatic heterocycles. The predicted octanol–water partition coefficient (Wildman–Crippen LogP) is 5.38. The smallest absolute Gasteiger partial charge is 0.383 e. The Labute approximate surface area is 233 Å². The molecule has 0 aliphatic carbocycles. The quantitative estimate of drug-likeness (QED) is 0.367. The zero-order valence-electron chi connectivity index (χ0n) is 21.4. The Morgan fingerprint density at radius 1 is 1.21 bits per heavy atom. The van der Waals surface area contributed by atoms with Crippen molar-refractivity contribution in [3.8, 4) is 0 Å². The zero-order chi connectivity index (χ0) is 27.7. The highest BCUT2D eigenvalue weighted by Gasteiger charge is 2.34. The first-order chi connectivity index (χ1) is 18.6. The number of methoxy groups -OCH3 is 1. The Hall–Kier alpha value is -2.86. The number of halogens is 4. The number of hydrogen-bond donors (Lipinski definition) is 0. The summed E-state index contributed by atoms with van der Waals surface area (Å²) in [7, 11) is 1.70. The van der Waals surface area contributed by atoms with Gasteiger partial charge in [0, 0.05) is 49.7 Å². The van der Waals surface area contributed by atoms with E-state index in [9.17, 15) is 18.0 Å². The number of nitrogens with zero attached hydrogens (tertiary/aromatic N) is 5. The summed E-state index contributed by atoms with van der Waals surface area (Å²) in [6.45, 7) is 6.17. The van der Waals surface area contributed by atoms with Crippen LogP contribution in [0.3, 0.4) is 0 Å². The Morgan fingerprint density at radius 2 is 2.03 bits per heavy atom. The zero-order valence-corrected chi connectivity index (χ0v) is 23.0. The van der Waals surface area contributed by atoms with Crippen molar-refractivity contribution in [1.82, 2.24) is 19.6 Å². The second-order valence-electron chi connectivity index (χ2n) is 9.57. The number of piperazine rings is 1. The van der Waals surface area contributed by atoms with E-state index < -0.39 is 11.7 Å². The fraction of sp³-hybridized carbons (Fsp3) is 0.370. The van der Waals surface area contributed by atoms with Gasteiger partial charge in [0.1, 0.15) is 0 Å². The molecular weight excluding hydrogens is 551 g/mol. The third-order valence-corrected chi connectivity index (χ3v) is 8.10. The van der Waals surface area contributed by atoms with E-state index in [1.807, 2.05) is 12.1 Å². The molecule has 0 radical (unpaired) electrons. The van der Waals surface area contributed by atoms with Crippen LogP contribution in [-0.2, 0) is 22.3 Å². The first kappa shape index (κ1) is 27.7. The topological polar surface area (TPSA) is 63.0 Å².